The zero-order valence-corrected chi connectivity index (χ0v) is 19.2. The molecule has 0 unspecified atom stereocenters. The fourth-order valence-corrected chi connectivity index (χ4v) is 6.15. The lowest BCUT2D eigenvalue weighted by atomic mass is 10.0. The Bertz CT molecular complexity index is 1130. The van der Waals surface area contributed by atoms with E-state index in [-0.39, 0.29) is 5.75 Å². The van der Waals surface area contributed by atoms with Crippen LogP contribution >= 0.6 is 22.7 Å². The molecule has 5 rings (SSSR count). The maximum Gasteiger partial charge on any atom is 0.188 e. The smallest absolute Gasteiger partial charge is 0.188 e. The molecule has 4 aromatic rings. The van der Waals surface area contributed by atoms with E-state index in [1.54, 1.807) is 36.0 Å². The van der Waals surface area contributed by atoms with Gasteiger partial charge in [0, 0.05) is 49.7 Å². The number of H-pyrrole nitrogens is 1. The van der Waals surface area contributed by atoms with Crippen LogP contribution in [0.1, 0.15) is 26.2 Å². The molecular formula is C21H25N7OS2. The number of piperidine rings is 1. The van der Waals surface area contributed by atoms with Crippen LogP contribution in [0.2, 0.25) is 0 Å². The van der Waals surface area contributed by atoms with E-state index in [9.17, 15) is 5.11 Å². The Kier molecular flexibility index (Phi) is 5.59. The Morgan fingerprint density at radius 1 is 1.16 bits per heavy atom. The van der Waals surface area contributed by atoms with Gasteiger partial charge in [0.15, 0.2) is 14.8 Å². The molecule has 10 heteroatoms. The first-order chi connectivity index (χ1) is 15.1. The fourth-order valence-electron chi connectivity index (χ4n) is 4.07. The third-order valence-electron chi connectivity index (χ3n) is 5.81. The molecule has 4 aromatic heterocycles. The zero-order valence-electron chi connectivity index (χ0n) is 17.6. The Morgan fingerprint density at radius 3 is 2.65 bits per heavy atom. The minimum absolute atomic E-state index is 0.108. The van der Waals surface area contributed by atoms with E-state index in [0.717, 1.165) is 39.0 Å². The minimum atomic E-state index is 0.108. The van der Waals surface area contributed by atoms with Crippen molar-refractivity contribution in [3.05, 3.63) is 24.7 Å². The van der Waals surface area contributed by atoms with Crippen LogP contribution in [0.3, 0.4) is 0 Å². The molecule has 1 saturated heterocycles. The van der Waals surface area contributed by atoms with Crippen LogP contribution in [0.4, 0.5) is 5.13 Å². The molecule has 1 aliphatic rings. The second-order valence-corrected chi connectivity index (χ2v) is 9.82. The third-order valence-corrected chi connectivity index (χ3v) is 7.94. The van der Waals surface area contributed by atoms with Crippen LogP contribution in [0.25, 0.3) is 31.5 Å². The first kappa shape index (κ1) is 20.3. The lowest BCUT2D eigenvalue weighted by molar-refractivity contribution is 0.211. The van der Waals surface area contributed by atoms with Gasteiger partial charge in [0.05, 0.1) is 6.20 Å². The lowest BCUT2D eigenvalue weighted by Crippen LogP contribution is -2.43. The quantitative estimate of drug-likeness (QED) is 0.449. The molecule has 2 N–H and O–H groups in total. The van der Waals surface area contributed by atoms with Crippen LogP contribution in [0.5, 0.6) is 5.75 Å². The number of likely N-dealkylation sites (tertiary alicyclic amines) is 1. The number of nitrogens with zero attached hydrogens (tertiary/aromatic N) is 6. The minimum Gasteiger partial charge on any atom is -0.506 e. The van der Waals surface area contributed by atoms with Gasteiger partial charge in [0.2, 0.25) is 0 Å². The van der Waals surface area contributed by atoms with Crippen LogP contribution in [-0.4, -0.2) is 67.9 Å². The predicted molar refractivity (Wildman–Crippen MR) is 126 cm³/mol. The number of pyridine rings is 1. The van der Waals surface area contributed by atoms with E-state index in [1.807, 2.05) is 0 Å². The number of aromatic nitrogens is 5. The number of rotatable bonds is 6. The Labute approximate surface area is 188 Å². The first-order valence-electron chi connectivity index (χ1n) is 10.5. The molecule has 162 valence electrons. The van der Waals surface area contributed by atoms with Gasteiger partial charge in [-0.3, -0.25) is 5.10 Å². The Morgan fingerprint density at radius 2 is 1.97 bits per heavy atom. The molecule has 0 amide bonds. The molecule has 31 heavy (non-hydrogen) atoms. The summed E-state index contributed by atoms with van der Waals surface area (Å²) in [5.41, 5.74) is 2.17. The molecule has 0 spiro atoms. The molecule has 0 saturated carbocycles. The first-order valence-corrected chi connectivity index (χ1v) is 12.2. The molecule has 0 atom stereocenters. The number of thiazole rings is 2. The number of hydrogen-bond acceptors (Lipinski definition) is 9. The maximum atomic E-state index is 10.5. The van der Waals surface area contributed by atoms with Crippen molar-refractivity contribution in [2.75, 3.05) is 31.6 Å². The summed E-state index contributed by atoms with van der Waals surface area (Å²) in [5.74, 6) is 0.108. The molecular weight excluding hydrogens is 430 g/mol. The highest BCUT2D eigenvalue weighted by atomic mass is 32.1. The third kappa shape index (κ3) is 4.02. The van der Waals surface area contributed by atoms with E-state index >= 15 is 0 Å². The molecule has 0 bridgehead atoms. The van der Waals surface area contributed by atoms with E-state index in [2.05, 4.69) is 39.0 Å². The van der Waals surface area contributed by atoms with Crippen molar-refractivity contribution < 1.29 is 5.11 Å². The fraction of sp³-hybridized carbons (Fsp3) is 0.429. The van der Waals surface area contributed by atoms with Gasteiger partial charge in [-0.05, 0) is 31.9 Å². The summed E-state index contributed by atoms with van der Waals surface area (Å²) in [4.78, 5) is 20.7. The maximum absolute atomic E-state index is 10.5. The van der Waals surface area contributed by atoms with Crippen molar-refractivity contribution >= 4 is 37.5 Å². The number of aromatic amines is 1. The normalized spacial score (nSPS) is 15.7. The van der Waals surface area contributed by atoms with Gasteiger partial charge in [-0.15, -0.1) is 0 Å². The van der Waals surface area contributed by atoms with Crippen molar-refractivity contribution in [2.24, 2.45) is 0 Å². The average Bonchev–Trinajstić information content (AvgIpc) is 3.51. The van der Waals surface area contributed by atoms with Crippen LogP contribution in [-0.2, 0) is 0 Å². The second kappa shape index (κ2) is 8.52. The summed E-state index contributed by atoms with van der Waals surface area (Å²) in [6.07, 6.45) is 8.75. The number of hydrogen-bond donors (Lipinski definition) is 2. The van der Waals surface area contributed by atoms with E-state index < -0.39 is 0 Å². The van der Waals surface area contributed by atoms with Gasteiger partial charge in [0.1, 0.15) is 16.5 Å². The van der Waals surface area contributed by atoms with Gasteiger partial charge in [-0.2, -0.15) is 5.10 Å². The second-order valence-electron chi connectivity index (χ2n) is 7.89. The summed E-state index contributed by atoms with van der Waals surface area (Å²) in [6.45, 7) is 5.75. The van der Waals surface area contributed by atoms with Gasteiger partial charge < -0.3 is 14.9 Å². The summed E-state index contributed by atoms with van der Waals surface area (Å²) in [5, 5.41) is 18.9. The van der Waals surface area contributed by atoms with Crippen LogP contribution < -0.4 is 4.90 Å². The van der Waals surface area contributed by atoms with Crippen LogP contribution in [0, 0.1) is 0 Å². The monoisotopic (exact) mass is 455 g/mol. The number of anilines is 1. The van der Waals surface area contributed by atoms with Gasteiger partial charge in [0.25, 0.3) is 0 Å². The highest BCUT2D eigenvalue weighted by Crippen LogP contribution is 2.39. The summed E-state index contributed by atoms with van der Waals surface area (Å²) in [6, 6.07) is 2.22. The Hall–Kier alpha value is -2.56. The van der Waals surface area contributed by atoms with Gasteiger partial charge >= 0.3 is 0 Å². The molecule has 8 nitrogen and oxygen atoms in total. The topological polar surface area (TPSA) is 94.1 Å². The zero-order chi connectivity index (χ0) is 21.4. The summed E-state index contributed by atoms with van der Waals surface area (Å²) >= 11 is 3.08. The van der Waals surface area contributed by atoms with Gasteiger partial charge in [-0.25, -0.2) is 15.0 Å². The molecule has 0 aromatic carbocycles. The largest absolute Gasteiger partial charge is 0.506 e. The number of aromatic hydroxyl groups is 1. The van der Waals surface area contributed by atoms with E-state index in [1.165, 1.54) is 37.1 Å². The summed E-state index contributed by atoms with van der Waals surface area (Å²) in [7, 11) is 2.14. The van der Waals surface area contributed by atoms with Crippen molar-refractivity contribution in [1.29, 1.82) is 0 Å². The van der Waals surface area contributed by atoms with Crippen LogP contribution in [0.15, 0.2) is 24.7 Å². The molecule has 0 aliphatic carbocycles. The van der Waals surface area contributed by atoms with Crippen molar-refractivity contribution in [3.63, 3.8) is 0 Å². The SMILES string of the molecule is CCCN1CCC(N(C)c2nc3sc(-c4ncc(-c5cn[nH]c5)cc4O)nc3s2)CC1. The van der Waals surface area contributed by atoms with Crippen molar-refractivity contribution in [2.45, 2.75) is 32.2 Å². The number of nitrogens with one attached hydrogen (secondary N) is 1. The lowest BCUT2D eigenvalue weighted by Gasteiger charge is -2.36. The molecule has 1 fully saturated rings. The van der Waals surface area contributed by atoms with Gasteiger partial charge in [-0.1, -0.05) is 29.6 Å². The molecule has 5 heterocycles. The Balaban J connectivity index is 1.33. The standard InChI is InChI=1S/C21H25N7OS2/c1-3-6-28-7-4-15(5-8-28)27(2)21-26-20-19(31-21)25-18(30-20)17-16(29)9-13(10-22-17)14-11-23-24-12-14/h9-12,15,29H,3-8H2,1-2H3,(H,23,24). The van der Waals surface area contributed by atoms with Crippen molar-refractivity contribution in [1.82, 2.24) is 30.0 Å². The highest BCUT2D eigenvalue weighted by molar-refractivity contribution is 7.29. The average molecular weight is 456 g/mol. The van der Waals surface area contributed by atoms with Crippen molar-refractivity contribution in [3.8, 4) is 27.6 Å². The highest BCUT2D eigenvalue weighted by Gasteiger charge is 2.25. The number of fused-ring (bicyclic) bond motifs is 1. The molecule has 1 aliphatic heterocycles. The van der Waals surface area contributed by atoms with E-state index in [4.69, 9.17) is 9.97 Å². The predicted octanol–water partition coefficient (Wildman–Crippen LogP) is 4.22. The summed E-state index contributed by atoms with van der Waals surface area (Å²) < 4.78 is 0. The van der Waals surface area contributed by atoms with E-state index in [0.29, 0.717) is 16.7 Å². The molecule has 0 radical (unpaired) electrons.